The summed E-state index contributed by atoms with van der Waals surface area (Å²) in [6.07, 6.45) is 34.4. The summed E-state index contributed by atoms with van der Waals surface area (Å²) < 4.78 is 34.3. The van der Waals surface area contributed by atoms with Gasteiger partial charge in [-0.05, 0) is 64.2 Å². The standard InChI is InChI=1S/C68H119NO18/c1-3-5-7-9-11-13-15-17-19-21-23-25-27-29-31-33-35-37-39-41-43-45-52(73)51(69-56(74)46-44-42-40-38-36-34-32-30-28-26-24-22-20-18-16-14-12-10-8-6-4-2)50-82-66-62(80)59(77)64(54(48-71)84-66)87-68-63(81)60(78)65(55(49-72)85-68)86-67-61(79)58(76)57(75)53(47-70)83-67/h6,8,12,14,18,20,24,26,30,32,43,45,51-55,57-68,70-73,75-81H,3-5,7,9-11,13,15-17,19,21-23,25,27-29,31,33-42,44,46-50H2,1-2H3,(H,69,74)/b8-6-,14-12-,20-18-,26-24-,32-30-,45-43+. The fourth-order valence-electron chi connectivity index (χ4n) is 11.0. The van der Waals surface area contributed by atoms with E-state index in [0.29, 0.717) is 6.42 Å². The van der Waals surface area contributed by atoms with Crippen molar-refractivity contribution >= 4 is 5.91 Å². The molecule has 3 saturated heterocycles. The highest BCUT2D eigenvalue weighted by molar-refractivity contribution is 5.76. The van der Waals surface area contributed by atoms with Crippen LogP contribution in [0.2, 0.25) is 0 Å². The van der Waals surface area contributed by atoms with E-state index in [9.17, 15) is 61.0 Å². The van der Waals surface area contributed by atoms with Crippen LogP contribution >= 0.6 is 0 Å². The Morgan fingerprint density at radius 3 is 1.24 bits per heavy atom. The van der Waals surface area contributed by atoms with Crippen LogP contribution in [0.1, 0.15) is 219 Å². The Kier molecular flexibility index (Phi) is 45.0. The third-order valence-electron chi connectivity index (χ3n) is 16.5. The molecule has 0 saturated carbocycles. The zero-order chi connectivity index (χ0) is 63.3. The SMILES string of the molecule is CC/C=C\C/C=C\C/C=C\C/C=C\C/C=C\CCCCCCCC(=O)NC(COC1OC(CO)C(OC2OC(CO)C(OC3OC(CO)C(O)C(O)C3O)C(O)C2O)C(O)C1O)C(O)/C=C/CCCCCCCCCCCCCCCCCCCCC. The summed E-state index contributed by atoms with van der Waals surface area (Å²) in [6.45, 7) is 1.60. The van der Waals surface area contributed by atoms with Gasteiger partial charge in [0.15, 0.2) is 18.9 Å². The summed E-state index contributed by atoms with van der Waals surface area (Å²) in [5, 5.41) is 120. The molecule has 87 heavy (non-hydrogen) atoms. The van der Waals surface area contributed by atoms with Crippen molar-refractivity contribution in [1.29, 1.82) is 0 Å². The Morgan fingerprint density at radius 1 is 0.425 bits per heavy atom. The maximum absolute atomic E-state index is 13.4. The molecule has 17 atom stereocenters. The van der Waals surface area contributed by atoms with Crippen molar-refractivity contribution in [3.8, 4) is 0 Å². The van der Waals surface area contributed by atoms with Crippen LogP contribution in [0.4, 0.5) is 0 Å². The number of ether oxygens (including phenoxy) is 6. The number of aliphatic hydroxyl groups is 11. The molecule has 0 spiro atoms. The van der Waals surface area contributed by atoms with E-state index in [1.807, 2.05) is 6.08 Å². The number of nitrogens with one attached hydrogen (secondary N) is 1. The first-order valence-electron chi connectivity index (χ1n) is 33.7. The third kappa shape index (κ3) is 32.4. The lowest BCUT2D eigenvalue weighted by Gasteiger charge is -2.48. The summed E-state index contributed by atoms with van der Waals surface area (Å²) in [4.78, 5) is 13.4. The van der Waals surface area contributed by atoms with Crippen molar-refractivity contribution < 1.29 is 89.4 Å². The fourth-order valence-corrected chi connectivity index (χ4v) is 11.0. The van der Waals surface area contributed by atoms with E-state index in [1.54, 1.807) is 6.08 Å². The largest absolute Gasteiger partial charge is 0.394 e. The van der Waals surface area contributed by atoms with E-state index < -0.39 is 124 Å². The molecule has 12 N–H and O–H groups in total. The van der Waals surface area contributed by atoms with E-state index in [4.69, 9.17) is 28.4 Å². The van der Waals surface area contributed by atoms with Gasteiger partial charge in [0.1, 0.15) is 73.2 Å². The lowest BCUT2D eigenvalue weighted by atomic mass is 9.96. The molecular formula is C68H119NO18. The molecule has 3 fully saturated rings. The first-order valence-corrected chi connectivity index (χ1v) is 33.7. The van der Waals surface area contributed by atoms with E-state index in [0.717, 1.165) is 89.9 Å². The monoisotopic (exact) mass is 1240 g/mol. The van der Waals surface area contributed by atoms with Gasteiger partial charge in [0.2, 0.25) is 5.91 Å². The fraction of sp³-hybridized carbons (Fsp3) is 0.809. The average Bonchev–Trinajstić information content (AvgIpc) is 2.40. The number of unbranched alkanes of at least 4 members (excludes halogenated alkanes) is 24. The number of carbonyl (C=O) groups excluding carboxylic acids is 1. The second kappa shape index (κ2) is 49.9. The van der Waals surface area contributed by atoms with Gasteiger partial charge in [-0.2, -0.15) is 0 Å². The van der Waals surface area contributed by atoms with Crippen LogP contribution in [-0.4, -0.2) is 193 Å². The molecule has 0 aliphatic carbocycles. The number of rotatable bonds is 50. The zero-order valence-corrected chi connectivity index (χ0v) is 53.0. The number of hydrogen-bond acceptors (Lipinski definition) is 18. The van der Waals surface area contributed by atoms with Gasteiger partial charge in [0.05, 0.1) is 38.6 Å². The molecule has 3 heterocycles. The molecule has 19 heteroatoms. The Hall–Kier alpha value is -2.77. The zero-order valence-electron chi connectivity index (χ0n) is 53.0. The molecule has 0 aromatic heterocycles. The highest BCUT2D eigenvalue weighted by Gasteiger charge is 2.53. The minimum Gasteiger partial charge on any atom is -0.394 e. The van der Waals surface area contributed by atoms with Crippen molar-refractivity contribution in [1.82, 2.24) is 5.32 Å². The highest BCUT2D eigenvalue weighted by atomic mass is 16.8. The summed E-state index contributed by atoms with van der Waals surface area (Å²) in [5.41, 5.74) is 0. The van der Waals surface area contributed by atoms with E-state index in [2.05, 4.69) is 79.9 Å². The quantitative estimate of drug-likeness (QED) is 0.0202. The van der Waals surface area contributed by atoms with Crippen molar-refractivity contribution in [3.05, 3.63) is 72.9 Å². The molecule has 17 unspecified atom stereocenters. The van der Waals surface area contributed by atoms with Crippen molar-refractivity contribution in [2.24, 2.45) is 0 Å². The maximum Gasteiger partial charge on any atom is 0.220 e. The smallest absolute Gasteiger partial charge is 0.220 e. The van der Waals surface area contributed by atoms with E-state index in [1.165, 1.54) is 103 Å². The van der Waals surface area contributed by atoms with Gasteiger partial charge in [-0.3, -0.25) is 4.79 Å². The van der Waals surface area contributed by atoms with Gasteiger partial charge in [0.25, 0.3) is 0 Å². The maximum atomic E-state index is 13.4. The van der Waals surface area contributed by atoms with Crippen LogP contribution in [0.3, 0.4) is 0 Å². The lowest BCUT2D eigenvalue weighted by Crippen LogP contribution is -2.66. The Bertz CT molecular complexity index is 1860. The second-order valence-electron chi connectivity index (χ2n) is 23.9. The van der Waals surface area contributed by atoms with Crippen molar-refractivity contribution in [2.75, 3.05) is 26.4 Å². The third-order valence-corrected chi connectivity index (χ3v) is 16.5. The van der Waals surface area contributed by atoms with Crippen LogP contribution in [0.15, 0.2) is 72.9 Å². The first kappa shape index (κ1) is 78.5. The minimum absolute atomic E-state index is 0.218. The van der Waals surface area contributed by atoms with Crippen LogP contribution in [0.25, 0.3) is 0 Å². The average molecular weight is 1240 g/mol. The van der Waals surface area contributed by atoms with Gasteiger partial charge in [0, 0.05) is 6.42 Å². The van der Waals surface area contributed by atoms with Gasteiger partial charge in [-0.25, -0.2) is 0 Å². The summed E-state index contributed by atoms with van der Waals surface area (Å²) >= 11 is 0. The lowest BCUT2D eigenvalue weighted by molar-refractivity contribution is -0.379. The normalized spacial score (nSPS) is 29.0. The Morgan fingerprint density at radius 2 is 0.793 bits per heavy atom. The Labute approximate surface area is 521 Å². The topological polar surface area (TPSA) is 307 Å². The molecule has 504 valence electrons. The number of carbonyl (C=O) groups is 1. The van der Waals surface area contributed by atoms with Crippen molar-refractivity contribution in [3.63, 3.8) is 0 Å². The van der Waals surface area contributed by atoms with Gasteiger partial charge in [-0.1, -0.05) is 222 Å². The molecule has 0 radical (unpaired) electrons. The highest BCUT2D eigenvalue weighted by Crippen LogP contribution is 2.33. The number of allylic oxidation sites excluding steroid dienone is 11. The summed E-state index contributed by atoms with van der Waals surface area (Å²) in [7, 11) is 0. The molecule has 0 aromatic rings. The Balaban J connectivity index is 1.47. The molecule has 19 nitrogen and oxygen atoms in total. The molecule has 3 rings (SSSR count). The molecule has 0 bridgehead atoms. The first-order chi connectivity index (χ1) is 42.3. The minimum atomic E-state index is -1.98. The van der Waals surface area contributed by atoms with Gasteiger partial charge >= 0.3 is 0 Å². The molecular weight excluding hydrogens is 1120 g/mol. The number of amides is 1. The van der Waals surface area contributed by atoms with Crippen LogP contribution in [0.5, 0.6) is 0 Å². The molecule has 3 aliphatic heterocycles. The van der Waals surface area contributed by atoms with E-state index >= 15 is 0 Å². The molecule has 0 aromatic carbocycles. The molecule has 1 amide bonds. The van der Waals surface area contributed by atoms with E-state index in [-0.39, 0.29) is 18.9 Å². The summed E-state index contributed by atoms with van der Waals surface area (Å²) in [5.74, 6) is -0.296. The predicted molar refractivity (Wildman–Crippen MR) is 337 cm³/mol. The molecule has 3 aliphatic rings. The summed E-state index contributed by atoms with van der Waals surface area (Å²) in [6, 6.07) is -0.988. The number of aliphatic hydroxyl groups excluding tert-OH is 11. The van der Waals surface area contributed by atoms with Crippen LogP contribution in [0, 0.1) is 0 Å². The van der Waals surface area contributed by atoms with Crippen LogP contribution in [-0.2, 0) is 33.2 Å². The van der Waals surface area contributed by atoms with Crippen LogP contribution < -0.4 is 5.32 Å². The van der Waals surface area contributed by atoms with Gasteiger partial charge in [-0.15, -0.1) is 0 Å². The second-order valence-corrected chi connectivity index (χ2v) is 23.9. The predicted octanol–water partition coefficient (Wildman–Crippen LogP) is 8.16. The van der Waals surface area contributed by atoms with Crippen molar-refractivity contribution in [2.45, 2.75) is 324 Å². The number of hydrogen-bond donors (Lipinski definition) is 12. The van der Waals surface area contributed by atoms with Gasteiger partial charge < -0.3 is 89.9 Å².